The normalized spacial score (nSPS) is 10.6. The minimum Gasteiger partial charge on any atom is -0.466 e. The molecular weight excluding hydrogens is 568 g/mol. The molecule has 268 valence electrons. The average Bonchev–Trinajstić information content (AvgIpc) is 3.02. The zero-order chi connectivity index (χ0) is 33.8. The lowest BCUT2D eigenvalue weighted by Crippen LogP contribution is -2.28. The molecule has 0 aromatic carbocycles. The van der Waals surface area contributed by atoms with Crippen LogP contribution in [-0.4, -0.2) is 73.5 Å². The number of esters is 1. The van der Waals surface area contributed by atoms with Gasteiger partial charge in [-0.3, -0.25) is 4.79 Å². The Kier molecular flexibility index (Phi) is 36.6. The number of hydrogen-bond donors (Lipinski definition) is 1. The SMILES string of the molecule is CCCCCCCCCCCOC(=O)CCCCCN(C)C(=O)O.CCCCCCCCCCCOC(=O)N(C)CCCCC. The smallest absolute Gasteiger partial charge is 0.409 e. The van der Waals surface area contributed by atoms with Crippen LogP contribution in [-0.2, 0) is 14.3 Å². The van der Waals surface area contributed by atoms with Crippen molar-refractivity contribution in [2.75, 3.05) is 40.4 Å². The van der Waals surface area contributed by atoms with Crippen LogP contribution in [0, 0.1) is 0 Å². The first-order chi connectivity index (χ1) is 21.8. The summed E-state index contributed by atoms with van der Waals surface area (Å²) in [4.78, 5) is 36.8. The molecule has 0 rings (SSSR count). The summed E-state index contributed by atoms with van der Waals surface area (Å²) in [5.41, 5.74) is 0. The summed E-state index contributed by atoms with van der Waals surface area (Å²) in [6.07, 6.45) is 28.1. The summed E-state index contributed by atoms with van der Waals surface area (Å²) in [5, 5.41) is 8.70. The maximum atomic E-state index is 11.7. The summed E-state index contributed by atoms with van der Waals surface area (Å²) in [6.45, 7) is 9.10. The molecule has 0 spiro atoms. The molecule has 0 aliphatic rings. The zero-order valence-electron chi connectivity index (χ0n) is 30.4. The average molecular weight is 643 g/mol. The van der Waals surface area contributed by atoms with Crippen molar-refractivity contribution < 1.29 is 29.0 Å². The van der Waals surface area contributed by atoms with Gasteiger partial charge in [-0.25, -0.2) is 9.59 Å². The number of unbranched alkanes of at least 4 members (excludes halogenated alkanes) is 20. The van der Waals surface area contributed by atoms with E-state index in [0.717, 1.165) is 51.5 Å². The van der Waals surface area contributed by atoms with E-state index < -0.39 is 6.09 Å². The Labute approximate surface area is 278 Å². The molecule has 8 heteroatoms. The zero-order valence-corrected chi connectivity index (χ0v) is 30.4. The maximum Gasteiger partial charge on any atom is 0.409 e. The molecule has 0 bridgehead atoms. The monoisotopic (exact) mass is 643 g/mol. The lowest BCUT2D eigenvalue weighted by atomic mass is 10.1. The van der Waals surface area contributed by atoms with Crippen LogP contribution < -0.4 is 0 Å². The van der Waals surface area contributed by atoms with Crippen LogP contribution in [0.25, 0.3) is 0 Å². The molecule has 0 aliphatic carbocycles. The van der Waals surface area contributed by atoms with E-state index in [2.05, 4.69) is 20.8 Å². The lowest BCUT2D eigenvalue weighted by Gasteiger charge is -2.16. The predicted molar refractivity (Wildman–Crippen MR) is 188 cm³/mol. The number of ether oxygens (including phenoxy) is 2. The van der Waals surface area contributed by atoms with Crippen molar-refractivity contribution in [1.29, 1.82) is 0 Å². The number of amides is 2. The van der Waals surface area contributed by atoms with Crippen molar-refractivity contribution in [2.45, 2.75) is 181 Å². The summed E-state index contributed by atoms with van der Waals surface area (Å²) in [6, 6.07) is 0. The summed E-state index contributed by atoms with van der Waals surface area (Å²) < 4.78 is 10.5. The number of carbonyl (C=O) groups is 3. The molecule has 0 aromatic heterocycles. The molecular formula is C37H74N2O6. The van der Waals surface area contributed by atoms with Crippen molar-refractivity contribution in [1.82, 2.24) is 9.80 Å². The fourth-order valence-corrected chi connectivity index (χ4v) is 4.93. The lowest BCUT2D eigenvalue weighted by molar-refractivity contribution is -0.143. The van der Waals surface area contributed by atoms with Crippen molar-refractivity contribution in [2.24, 2.45) is 0 Å². The van der Waals surface area contributed by atoms with Crippen molar-refractivity contribution in [3.05, 3.63) is 0 Å². The Hall–Kier alpha value is -1.99. The third-order valence-corrected chi connectivity index (χ3v) is 8.09. The van der Waals surface area contributed by atoms with E-state index in [1.54, 1.807) is 11.9 Å². The molecule has 2 amide bonds. The predicted octanol–water partition coefficient (Wildman–Crippen LogP) is 11.0. The van der Waals surface area contributed by atoms with Gasteiger partial charge in [0.15, 0.2) is 0 Å². The second-order valence-corrected chi connectivity index (χ2v) is 12.6. The summed E-state index contributed by atoms with van der Waals surface area (Å²) in [5.74, 6) is -0.124. The van der Waals surface area contributed by atoms with E-state index in [-0.39, 0.29) is 12.1 Å². The second kappa shape index (κ2) is 36.5. The van der Waals surface area contributed by atoms with Gasteiger partial charge < -0.3 is 24.4 Å². The topological polar surface area (TPSA) is 96.4 Å². The van der Waals surface area contributed by atoms with Gasteiger partial charge in [0.25, 0.3) is 0 Å². The Morgan fingerprint density at radius 1 is 0.467 bits per heavy atom. The first-order valence-corrected chi connectivity index (χ1v) is 18.8. The van der Waals surface area contributed by atoms with Crippen LogP contribution in [0.4, 0.5) is 9.59 Å². The number of hydrogen-bond acceptors (Lipinski definition) is 5. The van der Waals surface area contributed by atoms with Gasteiger partial charge in [0, 0.05) is 33.6 Å². The van der Waals surface area contributed by atoms with Crippen molar-refractivity contribution >= 4 is 18.2 Å². The molecule has 0 heterocycles. The Bertz CT molecular complexity index is 661. The van der Waals surface area contributed by atoms with E-state index >= 15 is 0 Å². The van der Waals surface area contributed by atoms with Crippen LogP contribution in [0.3, 0.4) is 0 Å². The molecule has 0 fully saturated rings. The van der Waals surface area contributed by atoms with Crippen LogP contribution in [0.1, 0.15) is 181 Å². The summed E-state index contributed by atoms with van der Waals surface area (Å²) >= 11 is 0. The van der Waals surface area contributed by atoms with Gasteiger partial charge in [-0.15, -0.1) is 0 Å². The fourth-order valence-electron chi connectivity index (χ4n) is 4.93. The standard InChI is InChI=1S/C19H37NO4.C18H37NO2/c1-3-4-5-6-7-8-9-10-14-17-24-18(21)15-12-11-13-16-20(2)19(22)23;1-4-6-8-9-10-11-12-13-15-17-21-18(20)19(3)16-14-7-5-2/h3-17H2,1-2H3,(H,22,23);4-17H2,1-3H3. The molecule has 1 N–H and O–H groups in total. The minimum atomic E-state index is -0.907. The van der Waals surface area contributed by atoms with Gasteiger partial charge in [0.05, 0.1) is 13.2 Å². The highest BCUT2D eigenvalue weighted by Crippen LogP contribution is 2.11. The van der Waals surface area contributed by atoms with Crippen LogP contribution in [0.2, 0.25) is 0 Å². The minimum absolute atomic E-state index is 0.124. The molecule has 0 saturated carbocycles. The second-order valence-electron chi connectivity index (χ2n) is 12.6. The van der Waals surface area contributed by atoms with E-state index in [9.17, 15) is 14.4 Å². The first kappa shape index (κ1) is 45.1. The van der Waals surface area contributed by atoms with Crippen LogP contribution >= 0.6 is 0 Å². The highest BCUT2D eigenvalue weighted by molar-refractivity contribution is 5.69. The Balaban J connectivity index is 0. The van der Waals surface area contributed by atoms with Gasteiger partial charge in [-0.2, -0.15) is 0 Å². The Morgan fingerprint density at radius 2 is 0.822 bits per heavy atom. The highest BCUT2D eigenvalue weighted by Gasteiger charge is 2.09. The van der Waals surface area contributed by atoms with Gasteiger partial charge in [-0.05, 0) is 32.1 Å². The van der Waals surface area contributed by atoms with Crippen molar-refractivity contribution in [3.63, 3.8) is 0 Å². The number of carbonyl (C=O) groups excluding carboxylic acids is 2. The molecule has 0 aliphatic heterocycles. The largest absolute Gasteiger partial charge is 0.466 e. The van der Waals surface area contributed by atoms with Gasteiger partial charge >= 0.3 is 18.2 Å². The van der Waals surface area contributed by atoms with Gasteiger partial charge in [0.1, 0.15) is 0 Å². The first-order valence-electron chi connectivity index (χ1n) is 18.8. The molecule has 0 aromatic rings. The highest BCUT2D eigenvalue weighted by atomic mass is 16.6. The molecule has 8 nitrogen and oxygen atoms in total. The fraction of sp³-hybridized carbons (Fsp3) is 0.919. The molecule has 0 saturated heterocycles. The van der Waals surface area contributed by atoms with E-state index in [1.165, 1.54) is 114 Å². The molecule has 0 unspecified atom stereocenters. The van der Waals surface area contributed by atoms with Crippen molar-refractivity contribution in [3.8, 4) is 0 Å². The molecule has 45 heavy (non-hydrogen) atoms. The number of carboxylic acid groups (broad SMARTS) is 1. The van der Waals surface area contributed by atoms with Crippen LogP contribution in [0.15, 0.2) is 0 Å². The third-order valence-electron chi connectivity index (χ3n) is 8.09. The van der Waals surface area contributed by atoms with Gasteiger partial charge in [0.2, 0.25) is 0 Å². The van der Waals surface area contributed by atoms with E-state index in [0.29, 0.717) is 26.2 Å². The number of rotatable bonds is 30. The number of nitrogens with zero attached hydrogens (tertiary/aromatic N) is 2. The maximum absolute atomic E-state index is 11.7. The van der Waals surface area contributed by atoms with E-state index in [1.807, 2.05) is 7.05 Å². The molecule has 0 atom stereocenters. The summed E-state index contributed by atoms with van der Waals surface area (Å²) in [7, 11) is 3.39. The van der Waals surface area contributed by atoms with E-state index in [4.69, 9.17) is 14.6 Å². The molecule has 0 radical (unpaired) electrons. The van der Waals surface area contributed by atoms with Gasteiger partial charge in [-0.1, -0.05) is 143 Å². The Morgan fingerprint density at radius 3 is 1.29 bits per heavy atom. The quantitative estimate of drug-likeness (QED) is 0.0618. The van der Waals surface area contributed by atoms with Crippen LogP contribution in [0.5, 0.6) is 0 Å². The third kappa shape index (κ3) is 36.4.